The monoisotopic (exact) mass is 320 g/mol. The molecule has 0 aliphatic heterocycles. The second-order valence-electron chi connectivity index (χ2n) is 7.46. The van der Waals surface area contributed by atoms with Crippen LogP contribution in [0, 0.1) is 17.2 Å². The van der Waals surface area contributed by atoms with Crippen LogP contribution in [0.3, 0.4) is 0 Å². The number of ether oxygens (including phenoxy) is 1. The molecule has 3 nitrogen and oxygen atoms in total. The lowest BCUT2D eigenvalue weighted by atomic mass is 9.60. The molecule has 0 unspecified atom stereocenters. The zero-order valence-electron chi connectivity index (χ0n) is 14.5. The maximum Gasteiger partial charge on any atom is 0.141 e. The standard InChI is InChI=1S/C19H29FN2O/c1-4-23-17-11-16(19(17)9-5-6-10-19)22-18(13(2)3)15-8-7-14(20)12-21-15/h7-8,12-13,16-18,22H,4-6,9-11H2,1-3H3/t16-,17+,18+/m0/s1. The summed E-state index contributed by atoms with van der Waals surface area (Å²) in [6.07, 6.45) is 7.95. The van der Waals surface area contributed by atoms with Crippen molar-refractivity contribution < 1.29 is 9.13 Å². The molecule has 1 spiro atoms. The maximum atomic E-state index is 13.2. The number of hydrogen-bond acceptors (Lipinski definition) is 3. The summed E-state index contributed by atoms with van der Waals surface area (Å²) < 4.78 is 19.2. The zero-order chi connectivity index (χ0) is 16.4. The van der Waals surface area contributed by atoms with E-state index in [2.05, 4.69) is 31.1 Å². The predicted octanol–water partition coefficient (Wildman–Crippen LogP) is 4.25. The molecule has 23 heavy (non-hydrogen) atoms. The molecule has 0 aromatic carbocycles. The van der Waals surface area contributed by atoms with E-state index in [9.17, 15) is 4.39 Å². The van der Waals surface area contributed by atoms with Crippen molar-refractivity contribution in [2.24, 2.45) is 11.3 Å². The molecule has 128 valence electrons. The lowest BCUT2D eigenvalue weighted by Crippen LogP contribution is -2.63. The Morgan fingerprint density at radius 1 is 1.35 bits per heavy atom. The highest BCUT2D eigenvalue weighted by Gasteiger charge is 2.57. The lowest BCUT2D eigenvalue weighted by Gasteiger charge is -2.55. The van der Waals surface area contributed by atoms with E-state index in [-0.39, 0.29) is 11.9 Å². The van der Waals surface area contributed by atoms with Gasteiger partial charge < -0.3 is 10.1 Å². The molecule has 2 fully saturated rings. The fourth-order valence-electron chi connectivity index (χ4n) is 4.53. The SMILES string of the molecule is CCO[C@@H]1C[C@H](N[C@@H](c2ccc(F)cn2)C(C)C)C12CCCC2. The third kappa shape index (κ3) is 3.16. The molecule has 1 aromatic rings. The molecule has 4 heteroatoms. The van der Waals surface area contributed by atoms with Gasteiger partial charge in [-0.2, -0.15) is 0 Å². The Morgan fingerprint density at radius 2 is 2.09 bits per heavy atom. The van der Waals surface area contributed by atoms with Gasteiger partial charge in [-0.15, -0.1) is 0 Å². The average Bonchev–Trinajstić information content (AvgIpc) is 3.04. The fraction of sp³-hybridized carbons (Fsp3) is 0.737. The summed E-state index contributed by atoms with van der Waals surface area (Å²) in [5.41, 5.74) is 1.25. The van der Waals surface area contributed by atoms with Crippen LogP contribution in [0.5, 0.6) is 0 Å². The summed E-state index contributed by atoms with van der Waals surface area (Å²) in [5.74, 6) is 0.140. The van der Waals surface area contributed by atoms with Gasteiger partial charge in [-0.05, 0) is 44.2 Å². The first-order valence-corrected chi connectivity index (χ1v) is 9.06. The van der Waals surface area contributed by atoms with Crippen molar-refractivity contribution in [3.63, 3.8) is 0 Å². The van der Waals surface area contributed by atoms with Crippen molar-refractivity contribution >= 4 is 0 Å². The largest absolute Gasteiger partial charge is 0.378 e. The van der Waals surface area contributed by atoms with Crippen LogP contribution in [-0.2, 0) is 4.74 Å². The van der Waals surface area contributed by atoms with Gasteiger partial charge in [0, 0.05) is 18.1 Å². The van der Waals surface area contributed by atoms with Crippen molar-refractivity contribution in [1.29, 1.82) is 0 Å². The van der Waals surface area contributed by atoms with Crippen LogP contribution in [0.25, 0.3) is 0 Å². The summed E-state index contributed by atoms with van der Waals surface area (Å²) in [6.45, 7) is 7.28. The maximum absolute atomic E-state index is 13.2. The molecule has 1 aromatic heterocycles. The molecule has 0 radical (unpaired) electrons. The number of halogens is 1. The van der Waals surface area contributed by atoms with Crippen LogP contribution in [0.4, 0.5) is 4.39 Å². The van der Waals surface area contributed by atoms with Crippen molar-refractivity contribution in [3.05, 3.63) is 29.8 Å². The number of nitrogens with one attached hydrogen (secondary N) is 1. The van der Waals surface area contributed by atoms with Crippen LogP contribution in [-0.4, -0.2) is 23.7 Å². The number of pyridine rings is 1. The lowest BCUT2D eigenvalue weighted by molar-refractivity contribution is -0.133. The molecule has 3 atom stereocenters. The van der Waals surface area contributed by atoms with Gasteiger partial charge >= 0.3 is 0 Å². The molecular formula is C19H29FN2O. The number of nitrogens with zero attached hydrogens (tertiary/aromatic N) is 1. The molecule has 0 saturated heterocycles. The smallest absolute Gasteiger partial charge is 0.141 e. The molecular weight excluding hydrogens is 291 g/mol. The number of aromatic nitrogens is 1. The molecule has 2 aliphatic carbocycles. The van der Waals surface area contributed by atoms with Gasteiger partial charge in [0.2, 0.25) is 0 Å². The van der Waals surface area contributed by atoms with Crippen molar-refractivity contribution in [2.75, 3.05) is 6.61 Å². The van der Waals surface area contributed by atoms with Gasteiger partial charge in [0.25, 0.3) is 0 Å². The second kappa shape index (κ2) is 6.86. The van der Waals surface area contributed by atoms with Gasteiger partial charge in [-0.1, -0.05) is 26.7 Å². The first-order valence-electron chi connectivity index (χ1n) is 9.06. The van der Waals surface area contributed by atoms with Crippen LogP contribution in [0.2, 0.25) is 0 Å². The van der Waals surface area contributed by atoms with E-state index in [1.807, 2.05) is 6.07 Å². The third-order valence-electron chi connectivity index (χ3n) is 5.80. The molecule has 1 heterocycles. The molecule has 0 amide bonds. The number of rotatable bonds is 6. The Hall–Kier alpha value is -1.00. The fourth-order valence-corrected chi connectivity index (χ4v) is 4.53. The van der Waals surface area contributed by atoms with E-state index in [0.717, 1.165) is 18.7 Å². The summed E-state index contributed by atoms with van der Waals surface area (Å²) in [4.78, 5) is 4.31. The summed E-state index contributed by atoms with van der Waals surface area (Å²) in [5, 5.41) is 3.84. The molecule has 3 rings (SSSR count). The van der Waals surface area contributed by atoms with E-state index < -0.39 is 0 Å². The highest BCUT2D eigenvalue weighted by atomic mass is 19.1. The Labute approximate surface area is 139 Å². The van der Waals surface area contributed by atoms with Gasteiger partial charge in [0.05, 0.1) is 24.0 Å². The molecule has 2 saturated carbocycles. The second-order valence-corrected chi connectivity index (χ2v) is 7.46. The first-order chi connectivity index (χ1) is 11.1. The Kier molecular flexibility index (Phi) is 5.02. The molecule has 0 bridgehead atoms. The van der Waals surface area contributed by atoms with Crippen LogP contribution in [0.1, 0.15) is 64.6 Å². The Morgan fingerprint density at radius 3 is 2.65 bits per heavy atom. The zero-order valence-corrected chi connectivity index (χ0v) is 14.5. The first kappa shape index (κ1) is 16.8. The topological polar surface area (TPSA) is 34.1 Å². The van der Waals surface area contributed by atoms with Crippen LogP contribution < -0.4 is 5.32 Å². The minimum Gasteiger partial charge on any atom is -0.378 e. The van der Waals surface area contributed by atoms with Crippen LogP contribution >= 0.6 is 0 Å². The quantitative estimate of drug-likeness (QED) is 0.851. The summed E-state index contributed by atoms with van der Waals surface area (Å²) >= 11 is 0. The van der Waals surface area contributed by atoms with E-state index in [4.69, 9.17) is 4.74 Å². The highest BCUT2D eigenvalue weighted by Crippen LogP contribution is 2.55. The normalized spacial score (nSPS) is 27.3. The van der Waals surface area contributed by atoms with E-state index in [1.165, 1.54) is 37.9 Å². The van der Waals surface area contributed by atoms with Crippen molar-refractivity contribution in [2.45, 2.75) is 71.1 Å². The number of hydrogen-bond donors (Lipinski definition) is 1. The highest BCUT2D eigenvalue weighted by molar-refractivity contribution is 5.15. The van der Waals surface area contributed by atoms with E-state index >= 15 is 0 Å². The predicted molar refractivity (Wildman–Crippen MR) is 89.6 cm³/mol. The van der Waals surface area contributed by atoms with E-state index in [1.54, 1.807) is 0 Å². The van der Waals surface area contributed by atoms with Gasteiger partial charge in [-0.25, -0.2) is 4.39 Å². The average molecular weight is 320 g/mol. The Balaban J connectivity index is 1.74. The minimum absolute atomic E-state index is 0.167. The minimum atomic E-state index is -0.274. The Bertz CT molecular complexity index is 511. The van der Waals surface area contributed by atoms with Gasteiger partial charge in [0.1, 0.15) is 5.82 Å². The van der Waals surface area contributed by atoms with Gasteiger partial charge in [-0.3, -0.25) is 4.98 Å². The third-order valence-corrected chi connectivity index (χ3v) is 5.80. The summed E-state index contributed by atoms with van der Waals surface area (Å²) in [6, 6.07) is 3.98. The summed E-state index contributed by atoms with van der Waals surface area (Å²) in [7, 11) is 0. The van der Waals surface area contributed by atoms with E-state index in [0.29, 0.717) is 23.5 Å². The van der Waals surface area contributed by atoms with Gasteiger partial charge in [0.15, 0.2) is 0 Å². The molecule has 2 aliphatic rings. The van der Waals surface area contributed by atoms with Crippen LogP contribution in [0.15, 0.2) is 18.3 Å². The molecule has 1 N–H and O–H groups in total. The van der Waals surface area contributed by atoms with Crippen molar-refractivity contribution in [3.8, 4) is 0 Å². The van der Waals surface area contributed by atoms with Crippen molar-refractivity contribution in [1.82, 2.24) is 10.3 Å².